The van der Waals surface area contributed by atoms with Crippen LogP contribution in [0.3, 0.4) is 0 Å². The molecule has 1 aliphatic rings. The fourth-order valence-corrected chi connectivity index (χ4v) is 4.43. The van der Waals surface area contributed by atoms with Gasteiger partial charge in [-0.15, -0.1) is 0 Å². The highest BCUT2D eigenvalue weighted by Crippen LogP contribution is 2.38. The van der Waals surface area contributed by atoms with Crippen LogP contribution in [-0.4, -0.2) is 18.3 Å². The molecule has 0 unspecified atom stereocenters. The molecule has 0 radical (unpaired) electrons. The second-order valence-corrected chi connectivity index (χ2v) is 9.54. The van der Waals surface area contributed by atoms with Crippen LogP contribution >= 0.6 is 15.9 Å². The predicted molar refractivity (Wildman–Crippen MR) is 122 cm³/mol. The maximum atomic E-state index is 6.29. The molecular weight excluding hydrogens is 411 g/mol. The van der Waals surface area contributed by atoms with Gasteiger partial charge in [0, 0.05) is 4.47 Å². The average molecular weight is 433 g/mol. The molecule has 0 spiro atoms. The molecule has 0 saturated carbocycles. The van der Waals surface area contributed by atoms with Crippen LogP contribution in [0.1, 0.15) is 27.7 Å². The van der Waals surface area contributed by atoms with Gasteiger partial charge in [0.25, 0.3) is 0 Å². The zero-order valence-electron chi connectivity index (χ0n) is 16.5. The van der Waals surface area contributed by atoms with Gasteiger partial charge < -0.3 is 9.31 Å². The predicted octanol–water partition coefficient (Wildman–Crippen LogP) is 6.21. The van der Waals surface area contributed by atoms with Gasteiger partial charge in [0.1, 0.15) is 0 Å². The normalized spacial score (nSPS) is 18.4. The third-order valence-corrected chi connectivity index (χ3v) is 6.84. The molecule has 0 aliphatic carbocycles. The van der Waals surface area contributed by atoms with Crippen molar-refractivity contribution in [3.8, 4) is 0 Å². The highest BCUT2D eigenvalue weighted by Gasteiger charge is 2.51. The van der Waals surface area contributed by atoms with E-state index in [2.05, 4.69) is 104 Å². The van der Waals surface area contributed by atoms with Crippen molar-refractivity contribution in [3.05, 3.63) is 65.1 Å². The first-order valence-electron chi connectivity index (χ1n) is 9.66. The molecule has 0 aromatic heterocycles. The van der Waals surface area contributed by atoms with Gasteiger partial charge in [-0.3, -0.25) is 0 Å². The maximum absolute atomic E-state index is 6.29. The van der Waals surface area contributed by atoms with Gasteiger partial charge >= 0.3 is 7.12 Å². The Labute approximate surface area is 174 Å². The molecule has 4 aromatic rings. The van der Waals surface area contributed by atoms with Crippen molar-refractivity contribution < 1.29 is 9.31 Å². The van der Waals surface area contributed by atoms with E-state index < -0.39 is 0 Å². The van der Waals surface area contributed by atoms with Crippen LogP contribution in [0.25, 0.3) is 32.3 Å². The average Bonchev–Trinajstić information content (AvgIpc) is 2.89. The Hall–Kier alpha value is -1.88. The zero-order chi connectivity index (χ0) is 19.7. The van der Waals surface area contributed by atoms with Crippen LogP contribution < -0.4 is 5.46 Å². The summed E-state index contributed by atoms with van der Waals surface area (Å²) in [6, 6.07) is 21.7. The second-order valence-electron chi connectivity index (χ2n) is 8.63. The number of benzene rings is 4. The minimum absolute atomic E-state index is 0.343. The lowest BCUT2D eigenvalue weighted by atomic mass is 9.77. The number of halogens is 1. The Bertz CT molecular complexity index is 1210. The van der Waals surface area contributed by atoms with Gasteiger partial charge in [0.2, 0.25) is 0 Å². The van der Waals surface area contributed by atoms with Crippen LogP contribution in [0, 0.1) is 0 Å². The summed E-state index contributed by atoms with van der Waals surface area (Å²) in [5, 5.41) is 7.52. The van der Waals surface area contributed by atoms with Crippen LogP contribution in [0.5, 0.6) is 0 Å². The number of fused-ring (bicyclic) bond motifs is 6. The molecule has 1 fully saturated rings. The standard InChI is InChI=1S/C24H22BBrO2/c1-23(2)24(3,4)28-25(27-23)15-9-11-19-20-12-10-16(26)14-22(20)18-8-6-5-7-17(18)21(19)13-15/h5-14H,1-4H3. The van der Waals surface area contributed by atoms with Gasteiger partial charge in [-0.1, -0.05) is 64.5 Å². The maximum Gasteiger partial charge on any atom is 0.494 e. The molecule has 1 aliphatic heterocycles. The Kier molecular flexibility index (Phi) is 3.93. The van der Waals surface area contributed by atoms with E-state index in [4.69, 9.17) is 9.31 Å². The van der Waals surface area contributed by atoms with Gasteiger partial charge in [-0.05, 0) is 77.6 Å². The van der Waals surface area contributed by atoms with E-state index in [0.29, 0.717) is 0 Å². The minimum atomic E-state index is -0.353. The van der Waals surface area contributed by atoms with E-state index in [9.17, 15) is 0 Å². The lowest BCUT2D eigenvalue weighted by Crippen LogP contribution is -2.41. The fourth-order valence-electron chi connectivity index (χ4n) is 4.07. The Morgan fingerprint density at radius 1 is 0.643 bits per heavy atom. The van der Waals surface area contributed by atoms with Crippen LogP contribution in [-0.2, 0) is 9.31 Å². The molecule has 140 valence electrons. The van der Waals surface area contributed by atoms with Crippen LogP contribution in [0.2, 0.25) is 0 Å². The topological polar surface area (TPSA) is 18.5 Å². The number of hydrogen-bond donors (Lipinski definition) is 0. The van der Waals surface area contributed by atoms with Crippen molar-refractivity contribution in [2.24, 2.45) is 0 Å². The third kappa shape index (κ3) is 2.62. The number of hydrogen-bond acceptors (Lipinski definition) is 2. The molecule has 0 atom stereocenters. The summed E-state index contributed by atoms with van der Waals surface area (Å²) in [5.41, 5.74) is 0.377. The van der Waals surface area contributed by atoms with E-state index >= 15 is 0 Å². The summed E-state index contributed by atoms with van der Waals surface area (Å²) >= 11 is 3.63. The summed E-state index contributed by atoms with van der Waals surface area (Å²) in [5.74, 6) is 0. The molecule has 1 heterocycles. The Balaban J connectivity index is 1.78. The zero-order valence-corrected chi connectivity index (χ0v) is 18.1. The van der Waals surface area contributed by atoms with Crippen LogP contribution in [0.4, 0.5) is 0 Å². The SMILES string of the molecule is CC1(C)OB(c2ccc3c4ccc(Br)cc4c4ccccc4c3c2)OC1(C)C. The van der Waals surface area contributed by atoms with E-state index in [1.165, 1.54) is 32.3 Å². The first-order valence-corrected chi connectivity index (χ1v) is 10.5. The molecule has 0 bridgehead atoms. The fraction of sp³-hybridized carbons (Fsp3) is 0.250. The highest BCUT2D eigenvalue weighted by molar-refractivity contribution is 9.10. The van der Waals surface area contributed by atoms with Gasteiger partial charge in [0.15, 0.2) is 0 Å². The molecule has 0 N–H and O–H groups in total. The summed E-state index contributed by atoms with van der Waals surface area (Å²) < 4.78 is 13.7. The van der Waals surface area contributed by atoms with Gasteiger partial charge in [-0.25, -0.2) is 0 Å². The third-order valence-electron chi connectivity index (χ3n) is 6.35. The highest BCUT2D eigenvalue weighted by atomic mass is 79.9. The van der Waals surface area contributed by atoms with E-state index in [0.717, 1.165) is 9.94 Å². The van der Waals surface area contributed by atoms with Crippen molar-refractivity contribution in [3.63, 3.8) is 0 Å². The monoisotopic (exact) mass is 432 g/mol. The van der Waals surface area contributed by atoms with E-state index in [1.807, 2.05) is 0 Å². The van der Waals surface area contributed by atoms with Crippen LogP contribution in [0.15, 0.2) is 65.1 Å². The van der Waals surface area contributed by atoms with Crippen molar-refractivity contribution in [2.75, 3.05) is 0 Å². The molecule has 1 saturated heterocycles. The van der Waals surface area contributed by atoms with Crippen molar-refractivity contribution in [1.29, 1.82) is 0 Å². The minimum Gasteiger partial charge on any atom is -0.399 e. The quantitative estimate of drug-likeness (QED) is 0.263. The van der Waals surface area contributed by atoms with Crippen molar-refractivity contribution >= 4 is 60.8 Å². The molecular formula is C24H22BBrO2. The lowest BCUT2D eigenvalue weighted by molar-refractivity contribution is 0.00578. The molecule has 28 heavy (non-hydrogen) atoms. The molecule has 4 heteroatoms. The van der Waals surface area contributed by atoms with Crippen molar-refractivity contribution in [1.82, 2.24) is 0 Å². The summed E-state index contributed by atoms with van der Waals surface area (Å²) in [6.07, 6.45) is 0. The second kappa shape index (κ2) is 6.06. The Morgan fingerprint density at radius 2 is 1.14 bits per heavy atom. The molecule has 5 rings (SSSR count). The first kappa shape index (κ1) is 18.2. The smallest absolute Gasteiger partial charge is 0.399 e. The van der Waals surface area contributed by atoms with E-state index in [-0.39, 0.29) is 18.3 Å². The van der Waals surface area contributed by atoms with Gasteiger partial charge in [-0.2, -0.15) is 0 Å². The summed E-state index contributed by atoms with van der Waals surface area (Å²) in [7, 11) is -0.353. The lowest BCUT2D eigenvalue weighted by Gasteiger charge is -2.32. The molecule has 4 aromatic carbocycles. The first-order chi connectivity index (χ1) is 13.3. The van der Waals surface area contributed by atoms with E-state index in [1.54, 1.807) is 0 Å². The summed E-state index contributed by atoms with van der Waals surface area (Å²) in [6.45, 7) is 8.37. The summed E-state index contributed by atoms with van der Waals surface area (Å²) in [4.78, 5) is 0. The molecule has 0 amide bonds. The molecule has 2 nitrogen and oxygen atoms in total. The number of rotatable bonds is 1. The largest absolute Gasteiger partial charge is 0.494 e. The Morgan fingerprint density at radius 3 is 1.75 bits per heavy atom. The van der Waals surface area contributed by atoms with Gasteiger partial charge in [0.05, 0.1) is 11.2 Å². The van der Waals surface area contributed by atoms with Crippen molar-refractivity contribution in [2.45, 2.75) is 38.9 Å².